The summed E-state index contributed by atoms with van der Waals surface area (Å²) in [7, 11) is 0. The second-order valence-corrected chi connectivity index (χ2v) is 5.26. The SMILES string of the molecule is O=C(Nc1c(Cl)cccc1Cl)c1cccc(F)c1Br. The first-order valence-electron chi connectivity index (χ1n) is 5.20. The molecule has 0 unspecified atom stereocenters. The third-order valence-electron chi connectivity index (χ3n) is 2.40. The highest BCUT2D eigenvalue weighted by Crippen LogP contribution is 2.31. The quantitative estimate of drug-likeness (QED) is 0.786. The molecule has 0 fully saturated rings. The van der Waals surface area contributed by atoms with E-state index in [1.165, 1.54) is 18.2 Å². The molecule has 0 saturated heterocycles. The van der Waals surface area contributed by atoms with Crippen molar-refractivity contribution in [2.75, 3.05) is 5.32 Å². The van der Waals surface area contributed by atoms with E-state index < -0.39 is 11.7 Å². The summed E-state index contributed by atoms with van der Waals surface area (Å²) in [5, 5.41) is 3.19. The van der Waals surface area contributed by atoms with Gasteiger partial charge in [0.1, 0.15) is 5.82 Å². The number of nitrogens with one attached hydrogen (secondary N) is 1. The summed E-state index contributed by atoms with van der Waals surface area (Å²) in [6.07, 6.45) is 0. The van der Waals surface area contributed by atoms with Crippen LogP contribution in [0, 0.1) is 5.82 Å². The summed E-state index contributed by atoms with van der Waals surface area (Å²) < 4.78 is 13.5. The number of halogens is 4. The minimum atomic E-state index is -0.516. The van der Waals surface area contributed by atoms with Crippen molar-refractivity contribution in [2.45, 2.75) is 0 Å². The normalized spacial score (nSPS) is 10.3. The number of rotatable bonds is 2. The van der Waals surface area contributed by atoms with E-state index in [0.29, 0.717) is 15.7 Å². The van der Waals surface area contributed by atoms with E-state index in [0.717, 1.165) is 0 Å². The minimum Gasteiger partial charge on any atom is -0.319 e. The van der Waals surface area contributed by atoms with E-state index in [9.17, 15) is 9.18 Å². The van der Waals surface area contributed by atoms with E-state index >= 15 is 0 Å². The molecule has 2 aromatic carbocycles. The van der Waals surface area contributed by atoms with Crippen molar-refractivity contribution in [3.63, 3.8) is 0 Å². The maximum atomic E-state index is 13.4. The van der Waals surface area contributed by atoms with Crippen molar-refractivity contribution in [1.29, 1.82) is 0 Å². The molecule has 0 heterocycles. The van der Waals surface area contributed by atoms with Gasteiger partial charge in [0.25, 0.3) is 5.91 Å². The average molecular weight is 363 g/mol. The van der Waals surface area contributed by atoms with Crippen molar-refractivity contribution in [2.24, 2.45) is 0 Å². The zero-order valence-corrected chi connectivity index (χ0v) is 12.5. The molecule has 98 valence electrons. The molecule has 0 spiro atoms. The number of hydrogen-bond acceptors (Lipinski definition) is 1. The number of carbonyl (C=O) groups excluding carboxylic acids is 1. The minimum absolute atomic E-state index is 0.0932. The van der Waals surface area contributed by atoms with E-state index in [2.05, 4.69) is 21.2 Å². The van der Waals surface area contributed by atoms with E-state index in [-0.39, 0.29) is 10.0 Å². The lowest BCUT2D eigenvalue weighted by Crippen LogP contribution is -2.13. The highest BCUT2D eigenvalue weighted by Gasteiger charge is 2.15. The van der Waals surface area contributed by atoms with Gasteiger partial charge in [-0.25, -0.2) is 4.39 Å². The Balaban J connectivity index is 2.34. The number of amides is 1. The van der Waals surface area contributed by atoms with Crippen LogP contribution in [0.4, 0.5) is 10.1 Å². The zero-order chi connectivity index (χ0) is 14.0. The van der Waals surface area contributed by atoms with Crippen molar-refractivity contribution >= 4 is 50.7 Å². The second-order valence-electron chi connectivity index (χ2n) is 3.65. The van der Waals surface area contributed by atoms with Crippen LogP contribution >= 0.6 is 39.1 Å². The third-order valence-corrected chi connectivity index (χ3v) is 3.83. The molecule has 2 aromatic rings. The van der Waals surface area contributed by atoms with Gasteiger partial charge in [-0.05, 0) is 40.2 Å². The van der Waals surface area contributed by atoms with Crippen molar-refractivity contribution in [1.82, 2.24) is 0 Å². The zero-order valence-electron chi connectivity index (χ0n) is 9.38. The van der Waals surface area contributed by atoms with E-state index in [4.69, 9.17) is 23.2 Å². The lowest BCUT2D eigenvalue weighted by Gasteiger charge is -2.10. The van der Waals surface area contributed by atoms with Crippen molar-refractivity contribution in [3.8, 4) is 0 Å². The van der Waals surface area contributed by atoms with Gasteiger partial charge >= 0.3 is 0 Å². The van der Waals surface area contributed by atoms with Crippen LogP contribution in [0.15, 0.2) is 40.9 Å². The van der Waals surface area contributed by atoms with Crippen LogP contribution in [-0.2, 0) is 0 Å². The number of benzene rings is 2. The van der Waals surface area contributed by atoms with Gasteiger partial charge in [0.15, 0.2) is 0 Å². The first-order valence-corrected chi connectivity index (χ1v) is 6.75. The molecular formula is C13H7BrCl2FNO. The Morgan fingerprint density at radius 2 is 1.68 bits per heavy atom. The molecule has 0 bridgehead atoms. The van der Waals surface area contributed by atoms with Crippen LogP contribution < -0.4 is 5.32 Å². The molecule has 19 heavy (non-hydrogen) atoms. The van der Waals surface area contributed by atoms with Crippen molar-refractivity contribution < 1.29 is 9.18 Å². The number of para-hydroxylation sites is 1. The highest BCUT2D eigenvalue weighted by molar-refractivity contribution is 9.10. The van der Waals surface area contributed by atoms with E-state index in [1.807, 2.05) is 0 Å². The summed E-state index contributed by atoms with van der Waals surface area (Å²) in [4.78, 5) is 12.1. The molecule has 0 aromatic heterocycles. The number of hydrogen-bond donors (Lipinski definition) is 1. The summed E-state index contributed by atoms with van der Waals surface area (Å²) in [5.41, 5.74) is 0.461. The van der Waals surface area contributed by atoms with Crippen LogP contribution in [-0.4, -0.2) is 5.91 Å². The molecule has 6 heteroatoms. The summed E-state index contributed by atoms with van der Waals surface area (Å²) >= 11 is 14.9. The van der Waals surface area contributed by atoms with Gasteiger partial charge in [-0.3, -0.25) is 4.79 Å². The lowest BCUT2D eigenvalue weighted by atomic mass is 10.2. The van der Waals surface area contributed by atoms with Gasteiger partial charge in [-0.15, -0.1) is 0 Å². The molecule has 0 radical (unpaired) electrons. The predicted molar refractivity (Wildman–Crippen MR) is 78.5 cm³/mol. The molecule has 0 saturated carbocycles. The fourth-order valence-corrected chi connectivity index (χ4v) is 2.41. The third kappa shape index (κ3) is 3.08. The molecule has 0 atom stereocenters. The fraction of sp³-hybridized carbons (Fsp3) is 0. The van der Waals surface area contributed by atoms with Gasteiger partial charge in [-0.1, -0.05) is 35.3 Å². The first-order chi connectivity index (χ1) is 9.00. The van der Waals surface area contributed by atoms with Gasteiger partial charge in [0, 0.05) is 0 Å². The fourth-order valence-electron chi connectivity index (χ4n) is 1.48. The summed E-state index contributed by atoms with van der Waals surface area (Å²) in [6, 6.07) is 9.06. The summed E-state index contributed by atoms with van der Waals surface area (Å²) in [6.45, 7) is 0. The lowest BCUT2D eigenvalue weighted by molar-refractivity contribution is 0.102. The topological polar surface area (TPSA) is 29.1 Å². The van der Waals surface area contributed by atoms with Crippen LogP contribution in [0.25, 0.3) is 0 Å². The maximum Gasteiger partial charge on any atom is 0.256 e. The molecule has 0 aliphatic carbocycles. The molecule has 1 N–H and O–H groups in total. The Bertz CT molecular complexity index is 628. The first kappa shape index (κ1) is 14.3. The number of anilines is 1. The average Bonchev–Trinajstić information content (AvgIpc) is 2.37. The molecule has 2 nitrogen and oxygen atoms in total. The van der Waals surface area contributed by atoms with Crippen molar-refractivity contribution in [3.05, 3.63) is 62.3 Å². The Kier molecular flexibility index (Phi) is 4.45. The maximum absolute atomic E-state index is 13.4. The molecule has 2 rings (SSSR count). The smallest absolute Gasteiger partial charge is 0.256 e. The van der Waals surface area contributed by atoms with Crippen LogP contribution in [0.3, 0.4) is 0 Å². The molecular weight excluding hydrogens is 356 g/mol. The van der Waals surface area contributed by atoms with E-state index in [1.54, 1.807) is 18.2 Å². The molecule has 0 aliphatic rings. The molecule has 0 aliphatic heterocycles. The number of carbonyl (C=O) groups is 1. The Labute approximate surface area is 127 Å². The second kappa shape index (κ2) is 5.90. The van der Waals surface area contributed by atoms with Gasteiger partial charge in [0.05, 0.1) is 25.8 Å². The van der Waals surface area contributed by atoms with Gasteiger partial charge in [-0.2, -0.15) is 0 Å². The van der Waals surface area contributed by atoms with Crippen LogP contribution in [0.2, 0.25) is 10.0 Å². The van der Waals surface area contributed by atoms with Crippen LogP contribution in [0.1, 0.15) is 10.4 Å². The Morgan fingerprint density at radius 3 is 2.32 bits per heavy atom. The summed E-state index contributed by atoms with van der Waals surface area (Å²) in [5.74, 6) is -1.01. The Hall–Kier alpha value is -1.10. The van der Waals surface area contributed by atoms with Gasteiger partial charge in [0.2, 0.25) is 0 Å². The van der Waals surface area contributed by atoms with Gasteiger partial charge < -0.3 is 5.32 Å². The highest BCUT2D eigenvalue weighted by atomic mass is 79.9. The predicted octanol–water partition coefficient (Wildman–Crippen LogP) is 5.15. The molecule has 1 amide bonds. The van der Waals surface area contributed by atoms with Crippen LogP contribution in [0.5, 0.6) is 0 Å². The standard InChI is InChI=1S/C13H7BrCl2FNO/c14-11-7(3-1-6-10(11)17)13(19)18-12-8(15)4-2-5-9(12)16/h1-6H,(H,18,19). The Morgan fingerprint density at radius 1 is 1.11 bits per heavy atom. The largest absolute Gasteiger partial charge is 0.319 e. The monoisotopic (exact) mass is 361 g/mol.